The first-order valence-electron chi connectivity index (χ1n) is 12.6. The van der Waals surface area contributed by atoms with Gasteiger partial charge in [-0.05, 0) is 36.8 Å². The van der Waals surface area contributed by atoms with Crippen molar-refractivity contribution < 1.29 is 4.39 Å². The molecule has 0 amide bonds. The summed E-state index contributed by atoms with van der Waals surface area (Å²) in [7, 11) is 1.89. The zero-order valence-corrected chi connectivity index (χ0v) is 22.1. The Morgan fingerprint density at radius 1 is 1.14 bits per heavy atom. The minimum atomic E-state index is -0.253. The number of hydrogen-bond donors (Lipinski definition) is 2. The first kappa shape index (κ1) is 23.9. The molecule has 37 heavy (non-hydrogen) atoms. The molecule has 8 nitrogen and oxygen atoms in total. The van der Waals surface area contributed by atoms with Crippen molar-refractivity contribution in [1.29, 1.82) is 0 Å². The first-order chi connectivity index (χ1) is 17.8. The van der Waals surface area contributed by atoms with Gasteiger partial charge in [-0.15, -0.1) is 5.10 Å². The van der Waals surface area contributed by atoms with Crippen LogP contribution in [0.15, 0.2) is 48.2 Å². The number of hydrogen-bond acceptors (Lipinski definition) is 8. The molecule has 3 aliphatic rings. The van der Waals surface area contributed by atoms with Gasteiger partial charge in [-0.3, -0.25) is 0 Å². The largest absolute Gasteiger partial charge is 0.373 e. The second-order valence-electron chi connectivity index (χ2n) is 10.6. The number of halogens is 2. The Bertz CT molecular complexity index is 1380. The van der Waals surface area contributed by atoms with Crippen molar-refractivity contribution in [1.82, 2.24) is 20.2 Å². The van der Waals surface area contributed by atoms with Crippen LogP contribution in [0.2, 0.25) is 5.15 Å². The average Bonchev–Trinajstić information content (AvgIpc) is 3.38. The second kappa shape index (κ2) is 8.83. The normalized spacial score (nSPS) is 24.6. The number of allylic oxidation sites excluding steroid dienone is 1. The van der Waals surface area contributed by atoms with Crippen LogP contribution in [-0.2, 0) is 5.41 Å². The summed E-state index contributed by atoms with van der Waals surface area (Å²) in [5, 5.41) is 15.2. The fourth-order valence-corrected chi connectivity index (χ4v) is 6.37. The van der Waals surface area contributed by atoms with Gasteiger partial charge >= 0.3 is 0 Å². The summed E-state index contributed by atoms with van der Waals surface area (Å²) in [5.41, 5.74) is 4.16. The number of rotatable bonds is 5. The predicted molar refractivity (Wildman–Crippen MR) is 145 cm³/mol. The molecular formula is C27H30ClFN8. The van der Waals surface area contributed by atoms with Crippen LogP contribution >= 0.6 is 11.6 Å². The molecule has 1 aliphatic carbocycles. The van der Waals surface area contributed by atoms with Crippen molar-refractivity contribution in [2.24, 2.45) is 11.8 Å². The Hall–Kier alpha value is -3.46. The van der Waals surface area contributed by atoms with Crippen molar-refractivity contribution in [3.05, 3.63) is 64.7 Å². The highest BCUT2D eigenvalue weighted by Gasteiger charge is 2.51. The van der Waals surface area contributed by atoms with Crippen LogP contribution in [0.1, 0.15) is 26.3 Å². The number of anilines is 5. The second-order valence-corrected chi connectivity index (χ2v) is 11.0. The SMILES string of the molecule is C/C=C1/C(Nc2nc(NC)c3c(n2)N(c2ccc(F)cc2)CC3(C)C)C2CN(c3cnnc(Cl)c3)C[C@@H]12. The summed E-state index contributed by atoms with van der Waals surface area (Å²) in [6.45, 7) is 9.01. The fraction of sp³-hybridized carbons (Fsp3) is 0.407. The van der Waals surface area contributed by atoms with Crippen molar-refractivity contribution in [2.75, 3.05) is 47.1 Å². The van der Waals surface area contributed by atoms with Crippen molar-refractivity contribution in [3.63, 3.8) is 0 Å². The Kier molecular flexibility index (Phi) is 5.71. The summed E-state index contributed by atoms with van der Waals surface area (Å²) in [6.07, 6.45) is 3.98. The average molecular weight is 521 g/mol. The fourth-order valence-electron chi connectivity index (χ4n) is 6.21. The van der Waals surface area contributed by atoms with E-state index >= 15 is 0 Å². The van der Waals surface area contributed by atoms with Crippen LogP contribution < -0.4 is 20.4 Å². The van der Waals surface area contributed by atoms with Crippen molar-refractivity contribution >= 4 is 40.6 Å². The molecule has 1 saturated carbocycles. The third kappa shape index (κ3) is 3.96. The van der Waals surface area contributed by atoms with Crippen LogP contribution in [0.25, 0.3) is 0 Å². The summed E-state index contributed by atoms with van der Waals surface area (Å²) in [4.78, 5) is 14.4. The quantitative estimate of drug-likeness (QED) is 0.454. The highest BCUT2D eigenvalue weighted by molar-refractivity contribution is 6.29. The number of fused-ring (bicyclic) bond motifs is 2. The van der Waals surface area contributed by atoms with Gasteiger partial charge in [0.1, 0.15) is 17.5 Å². The lowest BCUT2D eigenvalue weighted by molar-refractivity contribution is 0.318. The molecule has 2 aliphatic heterocycles. The van der Waals surface area contributed by atoms with E-state index < -0.39 is 0 Å². The summed E-state index contributed by atoms with van der Waals surface area (Å²) in [6, 6.07) is 8.59. The van der Waals surface area contributed by atoms with Gasteiger partial charge in [0.2, 0.25) is 5.95 Å². The highest BCUT2D eigenvalue weighted by atomic mass is 35.5. The zero-order valence-electron chi connectivity index (χ0n) is 21.3. The zero-order chi connectivity index (χ0) is 25.9. The van der Waals surface area contributed by atoms with Gasteiger partial charge < -0.3 is 20.4 Å². The third-order valence-corrected chi connectivity index (χ3v) is 8.11. The molecule has 2 fully saturated rings. The molecule has 0 radical (unpaired) electrons. The smallest absolute Gasteiger partial charge is 0.227 e. The van der Waals surface area contributed by atoms with Gasteiger partial charge in [-0.2, -0.15) is 15.1 Å². The van der Waals surface area contributed by atoms with E-state index in [9.17, 15) is 4.39 Å². The van der Waals surface area contributed by atoms with E-state index in [0.717, 1.165) is 48.2 Å². The van der Waals surface area contributed by atoms with Gasteiger partial charge in [0.25, 0.3) is 0 Å². The third-order valence-electron chi connectivity index (χ3n) is 7.92. The summed E-state index contributed by atoms with van der Waals surface area (Å²) in [5.74, 6) is 2.87. The molecule has 4 heterocycles. The van der Waals surface area contributed by atoms with Gasteiger partial charge in [0, 0.05) is 61.2 Å². The Morgan fingerprint density at radius 2 is 1.92 bits per heavy atom. The molecule has 0 spiro atoms. The molecule has 2 aromatic heterocycles. The van der Waals surface area contributed by atoms with Crippen LogP contribution in [0.5, 0.6) is 0 Å². The molecule has 2 N–H and O–H groups in total. The van der Waals surface area contributed by atoms with E-state index in [1.54, 1.807) is 18.3 Å². The van der Waals surface area contributed by atoms with Crippen molar-refractivity contribution in [3.8, 4) is 0 Å². The number of nitrogens with one attached hydrogen (secondary N) is 2. The maximum absolute atomic E-state index is 13.6. The van der Waals surface area contributed by atoms with E-state index in [1.165, 1.54) is 17.7 Å². The number of benzene rings is 1. The molecular weight excluding hydrogens is 491 g/mol. The topological polar surface area (TPSA) is 82.1 Å². The van der Waals surface area contributed by atoms with E-state index in [1.807, 2.05) is 13.1 Å². The number of nitrogens with zero attached hydrogens (tertiary/aromatic N) is 6. The minimum absolute atomic E-state index is 0.140. The van der Waals surface area contributed by atoms with E-state index in [2.05, 4.69) is 57.5 Å². The molecule has 2 unspecified atom stereocenters. The maximum atomic E-state index is 13.6. The Labute approximate surface area is 221 Å². The van der Waals surface area contributed by atoms with Gasteiger partial charge in [0.15, 0.2) is 5.15 Å². The molecule has 1 saturated heterocycles. The molecule has 192 valence electrons. The lowest BCUT2D eigenvalue weighted by Crippen LogP contribution is -2.48. The van der Waals surface area contributed by atoms with Gasteiger partial charge in [0.05, 0.1) is 17.9 Å². The lowest BCUT2D eigenvalue weighted by atomic mass is 9.67. The lowest BCUT2D eigenvalue weighted by Gasteiger charge is -2.43. The molecule has 10 heteroatoms. The molecule has 3 atom stereocenters. The van der Waals surface area contributed by atoms with Gasteiger partial charge in [-0.25, -0.2) is 4.39 Å². The molecule has 3 aromatic rings. The van der Waals surface area contributed by atoms with Crippen LogP contribution in [-0.4, -0.2) is 52.9 Å². The molecule has 0 bridgehead atoms. The first-order valence-corrected chi connectivity index (χ1v) is 13.0. The van der Waals surface area contributed by atoms with Crippen LogP contribution in [0, 0.1) is 17.7 Å². The van der Waals surface area contributed by atoms with Crippen molar-refractivity contribution in [2.45, 2.75) is 32.2 Å². The molecule has 1 aromatic carbocycles. The van der Waals surface area contributed by atoms with Crippen LogP contribution in [0.3, 0.4) is 0 Å². The Balaban J connectivity index is 1.31. The van der Waals surface area contributed by atoms with E-state index in [-0.39, 0.29) is 17.3 Å². The predicted octanol–water partition coefficient (Wildman–Crippen LogP) is 5.02. The summed E-state index contributed by atoms with van der Waals surface area (Å²) < 4.78 is 13.6. The van der Waals surface area contributed by atoms with E-state index in [4.69, 9.17) is 21.6 Å². The van der Waals surface area contributed by atoms with Gasteiger partial charge in [-0.1, -0.05) is 31.5 Å². The monoisotopic (exact) mass is 520 g/mol. The molecule has 6 rings (SSSR count). The number of aromatic nitrogens is 4. The van der Waals surface area contributed by atoms with E-state index in [0.29, 0.717) is 22.9 Å². The summed E-state index contributed by atoms with van der Waals surface area (Å²) >= 11 is 6.09. The highest BCUT2D eigenvalue weighted by Crippen LogP contribution is 2.49. The maximum Gasteiger partial charge on any atom is 0.227 e. The Morgan fingerprint density at radius 3 is 2.62 bits per heavy atom. The minimum Gasteiger partial charge on any atom is -0.373 e. The van der Waals surface area contributed by atoms with Crippen LogP contribution in [0.4, 0.5) is 33.3 Å². The standard InChI is InChI=1S/C27H30ClFN8/c1-5-18-19-12-36(17-10-21(28)35-31-11-17)13-20(19)23(18)32-26-33-24(30-4)22-25(34-26)37(14-27(22,2)3)16-8-6-15(29)7-9-16/h5-11,19-20,23H,12-14H2,1-4H3,(H2,30,32,33,34)/b18-5+/t19-,20?,23?/m0/s1.